The van der Waals surface area contributed by atoms with Gasteiger partial charge in [-0.2, -0.15) is 0 Å². The number of hydrogen-bond donors (Lipinski definition) is 1. The van der Waals surface area contributed by atoms with Gasteiger partial charge in [0.15, 0.2) is 0 Å². The molecule has 0 saturated carbocycles. The number of nitrogens with one attached hydrogen (secondary N) is 1. The van der Waals surface area contributed by atoms with E-state index >= 15 is 0 Å². The summed E-state index contributed by atoms with van der Waals surface area (Å²) in [4.78, 5) is 12.5. The Kier molecular flexibility index (Phi) is 10.7. The quantitative estimate of drug-likeness (QED) is 0.334. The van der Waals surface area contributed by atoms with Crippen molar-refractivity contribution in [2.24, 2.45) is 0 Å². The highest BCUT2D eigenvalue weighted by molar-refractivity contribution is 14.1. The van der Waals surface area contributed by atoms with Crippen LogP contribution in [-0.2, 0) is 0 Å². The van der Waals surface area contributed by atoms with Gasteiger partial charge in [-0.05, 0) is 102 Å². The van der Waals surface area contributed by atoms with Gasteiger partial charge in [0, 0.05) is 54.2 Å². The molecule has 1 rings (SSSR count). The number of carbonyl (C=O) groups is 1. The molecule has 27 heavy (non-hydrogen) atoms. The molecular weight excluding hydrogens is 468 g/mol. The van der Waals surface area contributed by atoms with Crippen molar-refractivity contribution in [3.05, 3.63) is 33.4 Å². The zero-order chi connectivity index (χ0) is 20.7. The van der Waals surface area contributed by atoms with Gasteiger partial charge in [-0.25, -0.2) is 0 Å². The second kappa shape index (κ2) is 11.7. The van der Waals surface area contributed by atoms with E-state index < -0.39 is 8.22 Å². The fraction of sp³-hybridized carbons (Fsp3) is 0.667. The zero-order valence-corrected chi connectivity index (χ0v) is 21.2. The molecule has 0 spiro atoms. The van der Waals surface area contributed by atoms with Crippen LogP contribution in [0.2, 0.25) is 0 Å². The van der Waals surface area contributed by atoms with Crippen LogP contribution in [0.3, 0.4) is 0 Å². The first-order valence-corrected chi connectivity index (χ1v) is 12.4. The lowest BCUT2D eigenvalue weighted by molar-refractivity contribution is 0.0956. The first-order chi connectivity index (χ1) is 12.6. The monoisotopic (exact) mass is 505 g/mol. The number of hydrogen-bond acceptors (Lipinski definition) is 3. The van der Waals surface area contributed by atoms with Crippen LogP contribution in [0.5, 0.6) is 0 Å². The molecule has 0 aliphatic rings. The maximum absolute atomic E-state index is 12.5. The standard InChI is InChI=1S/C21H37IN3OP/c1-15(2)24(16(3)4)27(25(17(5)6)18(7)8)14-13-23-21(26)19-9-11-20(22)12-10-19/h9-12,15-18H,13-14H2,1-8H3,(H,23,26). The molecule has 0 aromatic heterocycles. The van der Waals surface area contributed by atoms with Crippen LogP contribution in [0.25, 0.3) is 0 Å². The van der Waals surface area contributed by atoms with Crippen molar-refractivity contribution in [2.45, 2.75) is 79.6 Å². The SMILES string of the molecule is CC(C)N(C(C)C)P(CCNC(=O)c1ccc(I)cc1)N(C(C)C)C(C)C. The van der Waals surface area contributed by atoms with Crippen molar-refractivity contribution < 1.29 is 4.79 Å². The van der Waals surface area contributed by atoms with E-state index in [-0.39, 0.29) is 5.91 Å². The molecule has 0 bridgehead atoms. The van der Waals surface area contributed by atoms with E-state index in [1.165, 1.54) is 0 Å². The smallest absolute Gasteiger partial charge is 0.251 e. The normalized spacial score (nSPS) is 12.4. The van der Waals surface area contributed by atoms with E-state index in [0.717, 1.165) is 15.3 Å². The van der Waals surface area contributed by atoms with Crippen LogP contribution >= 0.6 is 30.8 Å². The van der Waals surface area contributed by atoms with Gasteiger partial charge in [-0.3, -0.25) is 14.1 Å². The Balaban J connectivity index is 2.90. The number of halogens is 1. The number of carbonyl (C=O) groups excluding carboxylic acids is 1. The molecule has 0 unspecified atom stereocenters. The van der Waals surface area contributed by atoms with Gasteiger partial charge < -0.3 is 5.32 Å². The number of benzene rings is 1. The number of nitrogens with zero attached hydrogens (tertiary/aromatic N) is 2. The highest BCUT2D eigenvalue weighted by atomic mass is 127. The van der Waals surface area contributed by atoms with Gasteiger partial charge in [0.2, 0.25) is 0 Å². The van der Waals surface area contributed by atoms with Gasteiger partial charge in [-0.1, -0.05) is 0 Å². The van der Waals surface area contributed by atoms with Crippen LogP contribution in [0.1, 0.15) is 65.7 Å². The lowest BCUT2D eigenvalue weighted by Crippen LogP contribution is -2.44. The summed E-state index contributed by atoms with van der Waals surface area (Å²) < 4.78 is 6.40. The predicted molar refractivity (Wildman–Crippen MR) is 128 cm³/mol. The third-order valence-corrected chi connectivity index (χ3v) is 8.61. The molecule has 0 radical (unpaired) electrons. The first kappa shape index (κ1) is 24.8. The van der Waals surface area contributed by atoms with E-state index in [0.29, 0.717) is 30.7 Å². The lowest BCUT2D eigenvalue weighted by atomic mass is 10.2. The molecule has 0 saturated heterocycles. The van der Waals surface area contributed by atoms with Gasteiger partial charge in [0.1, 0.15) is 0 Å². The molecule has 154 valence electrons. The Morgan fingerprint density at radius 3 is 1.67 bits per heavy atom. The fourth-order valence-corrected chi connectivity index (χ4v) is 7.09. The summed E-state index contributed by atoms with van der Waals surface area (Å²) in [6.45, 7) is 18.9. The minimum atomic E-state index is -0.499. The van der Waals surface area contributed by atoms with Crippen LogP contribution in [0.15, 0.2) is 24.3 Å². The van der Waals surface area contributed by atoms with Crippen molar-refractivity contribution in [1.82, 2.24) is 14.7 Å². The Labute approximate surface area is 181 Å². The van der Waals surface area contributed by atoms with Gasteiger partial charge in [-0.15, -0.1) is 0 Å². The molecule has 6 heteroatoms. The van der Waals surface area contributed by atoms with Crippen molar-refractivity contribution in [3.63, 3.8) is 0 Å². The maximum Gasteiger partial charge on any atom is 0.251 e. The topological polar surface area (TPSA) is 35.6 Å². The van der Waals surface area contributed by atoms with Gasteiger partial charge in [0.05, 0.1) is 0 Å². The van der Waals surface area contributed by atoms with Crippen LogP contribution < -0.4 is 5.32 Å². The molecule has 1 N–H and O–H groups in total. The van der Waals surface area contributed by atoms with Gasteiger partial charge >= 0.3 is 0 Å². The maximum atomic E-state index is 12.5. The molecule has 1 aromatic rings. The average molecular weight is 505 g/mol. The van der Waals surface area contributed by atoms with Crippen molar-refractivity contribution in [2.75, 3.05) is 12.7 Å². The number of amides is 1. The molecule has 1 amide bonds. The Hall–Kier alpha value is -0.230. The molecule has 0 heterocycles. The van der Waals surface area contributed by atoms with Gasteiger partial charge in [0.25, 0.3) is 5.91 Å². The fourth-order valence-electron chi connectivity index (χ4n) is 3.58. The Morgan fingerprint density at radius 2 is 1.30 bits per heavy atom. The molecular formula is C21H37IN3OP. The molecule has 0 fully saturated rings. The number of rotatable bonds is 10. The van der Waals surface area contributed by atoms with E-state index in [4.69, 9.17) is 0 Å². The van der Waals surface area contributed by atoms with Crippen LogP contribution in [-0.4, -0.2) is 52.1 Å². The molecule has 0 atom stereocenters. The third-order valence-electron chi connectivity index (χ3n) is 4.35. The largest absolute Gasteiger partial charge is 0.352 e. The summed E-state index contributed by atoms with van der Waals surface area (Å²) in [5.41, 5.74) is 0.730. The Morgan fingerprint density at radius 1 is 0.889 bits per heavy atom. The van der Waals surface area contributed by atoms with E-state index in [9.17, 15) is 4.79 Å². The minimum absolute atomic E-state index is 0.0163. The molecule has 0 aliphatic carbocycles. The summed E-state index contributed by atoms with van der Waals surface area (Å²) in [7, 11) is -0.499. The highest BCUT2D eigenvalue weighted by Crippen LogP contribution is 2.49. The van der Waals surface area contributed by atoms with E-state index in [2.05, 4.69) is 92.6 Å². The first-order valence-electron chi connectivity index (χ1n) is 9.94. The van der Waals surface area contributed by atoms with Crippen molar-refractivity contribution in [1.29, 1.82) is 0 Å². The van der Waals surface area contributed by atoms with Crippen molar-refractivity contribution in [3.8, 4) is 0 Å². The average Bonchev–Trinajstić information content (AvgIpc) is 2.53. The van der Waals surface area contributed by atoms with Crippen molar-refractivity contribution >= 4 is 36.7 Å². The third kappa shape index (κ3) is 7.60. The second-order valence-corrected chi connectivity index (χ2v) is 11.4. The summed E-state index contributed by atoms with van der Waals surface area (Å²) in [6.07, 6.45) is 0.970. The summed E-state index contributed by atoms with van der Waals surface area (Å²) >= 11 is 2.26. The zero-order valence-electron chi connectivity index (χ0n) is 18.2. The van der Waals surface area contributed by atoms with Crippen LogP contribution in [0.4, 0.5) is 0 Å². The molecule has 4 nitrogen and oxygen atoms in total. The highest BCUT2D eigenvalue weighted by Gasteiger charge is 2.32. The van der Waals surface area contributed by atoms with E-state index in [1.807, 2.05) is 24.3 Å². The second-order valence-electron chi connectivity index (χ2n) is 7.99. The molecule has 1 aromatic carbocycles. The van der Waals surface area contributed by atoms with E-state index in [1.54, 1.807) is 0 Å². The Bertz CT molecular complexity index is 539. The molecule has 0 aliphatic heterocycles. The van der Waals surface area contributed by atoms with Crippen LogP contribution in [0, 0.1) is 3.57 Å². The predicted octanol–water partition coefficient (Wildman–Crippen LogP) is 5.57. The summed E-state index contributed by atoms with van der Waals surface area (Å²) in [6, 6.07) is 9.63. The lowest BCUT2D eigenvalue weighted by Gasteiger charge is -2.47. The summed E-state index contributed by atoms with van der Waals surface area (Å²) in [5.74, 6) is 0.0163. The minimum Gasteiger partial charge on any atom is -0.352 e. The summed E-state index contributed by atoms with van der Waals surface area (Å²) in [5, 5.41) is 3.14.